The fourth-order valence-electron chi connectivity index (χ4n) is 1.83. The molecule has 23 heavy (non-hydrogen) atoms. The Morgan fingerprint density at radius 3 is 2.17 bits per heavy atom. The second-order valence-electron chi connectivity index (χ2n) is 4.70. The third kappa shape index (κ3) is 6.72. The van der Waals surface area contributed by atoms with Crippen molar-refractivity contribution in [2.45, 2.75) is 46.7 Å². The van der Waals surface area contributed by atoms with Gasteiger partial charge in [-0.1, -0.05) is 13.8 Å². The van der Waals surface area contributed by atoms with Crippen LogP contribution in [0, 0.1) is 0 Å². The van der Waals surface area contributed by atoms with Crippen LogP contribution in [0.1, 0.15) is 40.5 Å². The van der Waals surface area contributed by atoms with E-state index < -0.39 is 0 Å². The summed E-state index contributed by atoms with van der Waals surface area (Å²) in [6, 6.07) is 0. The molecule has 0 radical (unpaired) electrons. The van der Waals surface area contributed by atoms with E-state index in [4.69, 9.17) is 0 Å². The Balaban J connectivity index is 0.00000264. The smallest absolute Gasteiger partial charge is 0.192 e. The third-order valence-electron chi connectivity index (χ3n) is 3.02. The number of aryl methyl sites for hydroxylation is 2. The van der Waals surface area contributed by atoms with Crippen LogP contribution in [0.2, 0.25) is 0 Å². The molecule has 0 aliphatic carbocycles. The number of aromatic nitrogens is 2. The fraction of sp³-hybridized carbons (Fsp3) is 0.533. The Labute approximate surface area is 163 Å². The average molecular weight is 465 g/mol. The van der Waals surface area contributed by atoms with Crippen LogP contribution in [0.5, 0.6) is 0 Å². The van der Waals surface area contributed by atoms with E-state index in [1.54, 1.807) is 22.7 Å². The summed E-state index contributed by atoms with van der Waals surface area (Å²) in [6.07, 6.45) is 5.96. The van der Waals surface area contributed by atoms with E-state index in [0.717, 1.165) is 35.4 Å². The van der Waals surface area contributed by atoms with E-state index >= 15 is 0 Å². The fourth-order valence-corrected chi connectivity index (χ4v) is 3.41. The van der Waals surface area contributed by atoms with Crippen molar-refractivity contribution in [2.75, 3.05) is 6.54 Å². The normalized spacial score (nSPS) is 11.2. The third-order valence-corrected chi connectivity index (χ3v) is 5.29. The molecule has 0 atom stereocenters. The van der Waals surface area contributed by atoms with Gasteiger partial charge in [-0.15, -0.1) is 46.7 Å². The van der Waals surface area contributed by atoms with Gasteiger partial charge in [0.05, 0.1) is 13.1 Å². The first-order chi connectivity index (χ1) is 10.7. The van der Waals surface area contributed by atoms with E-state index in [9.17, 15) is 0 Å². The van der Waals surface area contributed by atoms with Gasteiger partial charge in [-0.3, -0.25) is 0 Å². The number of halogens is 1. The van der Waals surface area contributed by atoms with Gasteiger partial charge in [0.15, 0.2) is 5.96 Å². The second kappa shape index (κ2) is 10.9. The predicted molar refractivity (Wildman–Crippen MR) is 110 cm³/mol. The molecule has 5 nitrogen and oxygen atoms in total. The van der Waals surface area contributed by atoms with E-state index in [1.165, 1.54) is 9.75 Å². The second-order valence-corrected chi connectivity index (χ2v) is 7.10. The first-order valence-corrected chi connectivity index (χ1v) is 9.27. The molecule has 2 aromatic heterocycles. The minimum atomic E-state index is 0. The molecule has 0 saturated heterocycles. The van der Waals surface area contributed by atoms with Crippen molar-refractivity contribution in [1.82, 2.24) is 20.6 Å². The number of rotatable bonds is 7. The highest BCUT2D eigenvalue weighted by molar-refractivity contribution is 14.0. The average Bonchev–Trinajstić information content (AvgIpc) is 3.18. The molecule has 0 aliphatic heterocycles. The lowest BCUT2D eigenvalue weighted by atomic mass is 10.4. The van der Waals surface area contributed by atoms with Gasteiger partial charge in [-0.25, -0.2) is 15.0 Å². The molecule has 8 heteroatoms. The summed E-state index contributed by atoms with van der Waals surface area (Å²) in [4.78, 5) is 16.0. The molecule has 0 fully saturated rings. The largest absolute Gasteiger partial charge is 0.357 e. The Bertz CT molecular complexity index is 609. The number of nitrogens with one attached hydrogen (secondary N) is 2. The van der Waals surface area contributed by atoms with E-state index in [1.807, 2.05) is 12.4 Å². The lowest BCUT2D eigenvalue weighted by molar-refractivity contribution is 0.810. The lowest BCUT2D eigenvalue weighted by Crippen LogP contribution is -2.36. The molecule has 0 spiro atoms. The minimum absolute atomic E-state index is 0. The van der Waals surface area contributed by atoms with Gasteiger partial charge in [-0.05, 0) is 19.8 Å². The van der Waals surface area contributed by atoms with E-state index in [-0.39, 0.29) is 24.0 Å². The van der Waals surface area contributed by atoms with Crippen LogP contribution in [0.3, 0.4) is 0 Å². The van der Waals surface area contributed by atoms with Crippen molar-refractivity contribution in [3.8, 4) is 0 Å². The molecule has 0 amide bonds. The maximum atomic E-state index is 4.59. The molecule has 0 unspecified atom stereocenters. The predicted octanol–water partition coefficient (Wildman–Crippen LogP) is 3.60. The molecule has 0 saturated carbocycles. The molecule has 128 valence electrons. The number of aliphatic imine (C=N–C) groups is 1. The quantitative estimate of drug-likeness (QED) is 0.373. The number of hydrogen-bond donors (Lipinski definition) is 2. The topological polar surface area (TPSA) is 62.2 Å². The van der Waals surface area contributed by atoms with Gasteiger partial charge in [0, 0.05) is 28.7 Å². The molecule has 0 aliphatic rings. The summed E-state index contributed by atoms with van der Waals surface area (Å²) in [5.74, 6) is 0.809. The lowest BCUT2D eigenvalue weighted by Gasteiger charge is -2.09. The molecule has 2 heterocycles. The summed E-state index contributed by atoms with van der Waals surface area (Å²) < 4.78 is 0. The van der Waals surface area contributed by atoms with E-state index in [2.05, 4.69) is 46.4 Å². The zero-order chi connectivity index (χ0) is 15.8. The first kappa shape index (κ1) is 20.3. The number of nitrogens with zero attached hydrogens (tertiary/aromatic N) is 3. The van der Waals surface area contributed by atoms with Crippen LogP contribution in [-0.2, 0) is 25.9 Å². The standard InChI is InChI=1S/C15H23N5S2.HI/c1-4-11-7-17-13(21-11)9-19-15(16-6-3)20-10-14-18-8-12(5-2)22-14;/h7-8H,4-6,9-10H2,1-3H3,(H2,16,19,20);1H. The summed E-state index contributed by atoms with van der Waals surface area (Å²) in [5.41, 5.74) is 0. The summed E-state index contributed by atoms with van der Waals surface area (Å²) in [5, 5.41) is 8.73. The number of thiazole rings is 2. The van der Waals surface area contributed by atoms with Gasteiger partial charge in [0.2, 0.25) is 0 Å². The van der Waals surface area contributed by atoms with Gasteiger partial charge in [0.1, 0.15) is 10.0 Å². The molecule has 2 aromatic rings. The molecule has 0 aromatic carbocycles. The maximum absolute atomic E-state index is 4.59. The minimum Gasteiger partial charge on any atom is -0.357 e. The zero-order valence-corrected chi connectivity index (χ0v) is 17.7. The van der Waals surface area contributed by atoms with Crippen molar-refractivity contribution in [3.05, 3.63) is 32.2 Å². The Kier molecular flexibility index (Phi) is 9.65. The molecule has 2 rings (SSSR count). The van der Waals surface area contributed by atoms with E-state index in [0.29, 0.717) is 13.1 Å². The highest BCUT2D eigenvalue weighted by Crippen LogP contribution is 2.14. The van der Waals surface area contributed by atoms with Gasteiger partial charge in [-0.2, -0.15) is 0 Å². The molecular formula is C15H24IN5S2. The van der Waals surface area contributed by atoms with Crippen molar-refractivity contribution < 1.29 is 0 Å². The van der Waals surface area contributed by atoms with Gasteiger partial charge in [0.25, 0.3) is 0 Å². The Morgan fingerprint density at radius 1 is 1.00 bits per heavy atom. The SMILES string of the molecule is CCNC(=NCc1ncc(CC)s1)NCc1ncc(CC)s1.I. The summed E-state index contributed by atoms with van der Waals surface area (Å²) >= 11 is 3.48. The number of guanidine groups is 1. The van der Waals surface area contributed by atoms with Crippen LogP contribution in [0.4, 0.5) is 0 Å². The number of hydrogen-bond acceptors (Lipinski definition) is 5. The summed E-state index contributed by atoms with van der Waals surface area (Å²) in [7, 11) is 0. The maximum Gasteiger partial charge on any atom is 0.192 e. The monoisotopic (exact) mass is 465 g/mol. The van der Waals surface area contributed by atoms with Gasteiger partial charge >= 0.3 is 0 Å². The molecule has 2 N–H and O–H groups in total. The summed E-state index contributed by atoms with van der Waals surface area (Å²) in [6.45, 7) is 8.50. The molecular weight excluding hydrogens is 441 g/mol. The van der Waals surface area contributed by atoms with Crippen LogP contribution in [0.25, 0.3) is 0 Å². The molecule has 0 bridgehead atoms. The van der Waals surface area contributed by atoms with Crippen molar-refractivity contribution in [2.24, 2.45) is 4.99 Å². The van der Waals surface area contributed by atoms with Crippen molar-refractivity contribution in [3.63, 3.8) is 0 Å². The van der Waals surface area contributed by atoms with Crippen LogP contribution < -0.4 is 10.6 Å². The highest BCUT2D eigenvalue weighted by atomic mass is 127. The Morgan fingerprint density at radius 2 is 1.61 bits per heavy atom. The highest BCUT2D eigenvalue weighted by Gasteiger charge is 2.04. The van der Waals surface area contributed by atoms with Crippen LogP contribution in [-0.4, -0.2) is 22.5 Å². The Hall–Kier alpha value is -0.740. The van der Waals surface area contributed by atoms with Crippen LogP contribution in [0.15, 0.2) is 17.4 Å². The van der Waals surface area contributed by atoms with Crippen molar-refractivity contribution >= 4 is 52.6 Å². The zero-order valence-electron chi connectivity index (χ0n) is 13.8. The van der Waals surface area contributed by atoms with Crippen LogP contribution >= 0.6 is 46.7 Å². The van der Waals surface area contributed by atoms with Gasteiger partial charge < -0.3 is 10.6 Å². The first-order valence-electron chi connectivity index (χ1n) is 7.64. The van der Waals surface area contributed by atoms with Crippen molar-refractivity contribution in [1.29, 1.82) is 0 Å².